The molecule has 0 aliphatic heterocycles. The van der Waals surface area contributed by atoms with E-state index in [1.54, 1.807) is 19.1 Å². The molecule has 0 aromatic rings. The second-order valence-electron chi connectivity index (χ2n) is 4.50. The van der Waals surface area contributed by atoms with Gasteiger partial charge >= 0.3 is 0 Å². The van der Waals surface area contributed by atoms with Crippen molar-refractivity contribution >= 4 is 21.8 Å². The highest BCUT2D eigenvalue weighted by Gasteiger charge is 2.12. The van der Waals surface area contributed by atoms with E-state index in [1.807, 2.05) is 12.2 Å². The fraction of sp³-hybridized carbons (Fsp3) is 0.400. The van der Waals surface area contributed by atoms with Crippen molar-refractivity contribution in [2.45, 2.75) is 32.4 Å². The van der Waals surface area contributed by atoms with Gasteiger partial charge in [-0.05, 0) is 23.4 Å². The summed E-state index contributed by atoms with van der Waals surface area (Å²) in [7, 11) is 0. The van der Waals surface area contributed by atoms with Gasteiger partial charge in [0.15, 0.2) is 0 Å². The zero-order valence-electron chi connectivity index (χ0n) is 11.0. The van der Waals surface area contributed by atoms with Crippen LogP contribution in [0.5, 0.6) is 0 Å². The number of rotatable bonds is 6. The van der Waals surface area contributed by atoms with Gasteiger partial charge in [-0.25, -0.2) is 4.39 Å². The van der Waals surface area contributed by atoms with Crippen LogP contribution in [0.25, 0.3) is 0 Å². The van der Waals surface area contributed by atoms with Gasteiger partial charge in [-0.15, -0.1) is 6.58 Å². The second kappa shape index (κ2) is 8.10. The summed E-state index contributed by atoms with van der Waals surface area (Å²) in [4.78, 5) is 11.9. The summed E-state index contributed by atoms with van der Waals surface area (Å²) in [6.45, 7) is 5.17. The SMILES string of the molecule is C=CC(F)C/C=C/[C@@H](C)C(=O)NC1=CC=C(Br)CC1. The first-order valence-corrected chi connectivity index (χ1v) is 7.11. The van der Waals surface area contributed by atoms with Crippen LogP contribution in [0.1, 0.15) is 26.2 Å². The predicted octanol–water partition coefficient (Wildman–Crippen LogP) is 4.17. The number of carbonyl (C=O) groups excluding carboxylic acids is 1. The highest BCUT2D eigenvalue weighted by Crippen LogP contribution is 2.21. The third-order valence-corrected chi connectivity index (χ3v) is 3.50. The monoisotopic (exact) mass is 327 g/mol. The molecular formula is C15H19BrFNO. The molecule has 19 heavy (non-hydrogen) atoms. The van der Waals surface area contributed by atoms with E-state index in [9.17, 15) is 9.18 Å². The molecule has 1 N–H and O–H groups in total. The average molecular weight is 328 g/mol. The Balaban J connectivity index is 2.43. The number of nitrogens with one attached hydrogen (secondary N) is 1. The zero-order chi connectivity index (χ0) is 14.3. The molecule has 1 aliphatic carbocycles. The lowest BCUT2D eigenvalue weighted by Crippen LogP contribution is -2.28. The van der Waals surface area contributed by atoms with Gasteiger partial charge in [-0.2, -0.15) is 0 Å². The van der Waals surface area contributed by atoms with Crippen molar-refractivity contribution in [1.82, 2.24) is 5.32 Å². The van der Waals surface area contributed by atoms with Crippen LogP contribution in [-0.2, 0) is 4.79 Å². The van der Waals surface area contributed by atoms with Gasteiger partial charge in [0.1, 0.15) is 6.17 Å². The summed E-state index contributed by atoms with van der Waals surface area (Å²) in [6.07, 6.45) is 9.44. The minimum atomic E-state index is -1.05. The van der Waals surface area contributed by atoms with Crippen LogP contribution < -0.4 is 5.32 Å². The van der Waals surface area contributed by atoms with Crippen LogP contribution in [0.3, 0.4) is 0 Å². The molecule has 1 unspecified atom stereocenters. The van der Waals surface area contributed by atoms with Gasteiger partial charge in [-0.1, -0.05) is 47.2 Å². The molecule has 0 spiro atoms. The van der Waals surface area contributed by atoms with E-state index >= 15 is 0 Å². The smallest absolute Gasteiger partial charge is 0.230 e. The van der Waals surface area contributed by atoms with Gasteiger partial charge < -0.3 is 5.32 Å². The molecule has 104 valence electrons. The first-order valence-electron chi connectivity index (χ1n) is 6.32. The third kappa shape index (κ3) is 6.01. The fourth-order valence-electron chi connectivity index (χ4n) is 1.58. The van der Waals surface area contributed by atoms with Crippen LogP contribution >= 0.6 is 15.9 Å². The summed E-state index contributed by atoms with van der Waals surface area (Å²) < 4.78 is 14.0. The van der Waals surface area contributed by atoms with E-state index in [2.05, 4.69) is 27.8 Å². The molecule has 0 heterocycles. The summed E-state index contributed by atoms with van der Waals surface area (Å²) in [5.74, 6) is -0.338. The Morgan fingerprint density at radius 3 is 2.89 bits per heavy atom. The number of amides is 1. The molecule has 0 aromatic heterocycles. The van der Waals surface area contributed by atoms with Gasteiger partial charge in [0.25, 0.3) is 0 Å². The highest BCUT2D eigenvalue weighted by atomic mass is 79.9. The number of alkyl halides is 1. The maximum absolute atomic E-state index is 12.9. The Morgan fingerprint density at radius 1 is 1.58 bits per heavy atom. The standard InChI is InChI=1S/C15H19BrFNO/c1-3-13(17)6-4-5-11(2)15(19)18-14-9-7-12(16)8-10-14/h3-5,7,9,11,13H,1,6,8,10H2,2H3,(H,18,19)/b5-4+/t11-,13?/m1/s1. The van der Waals surface area contributed by atoms with Crippen molar-refractivity contribution < 1.29 is 9.18 Å². The Bertz CT molecular complexity index is 426. The van der Waals surface area contributed by atoms with E-state index in [-0.39, 0.29) is 18.2 Å². The quantitative estimate of drug-likeness (QED) is 0.729. The van der Waals surface area contributed by atoms with Crippen LogP contribution in [0.4, 0.5) is 4.39 Å². The van der Waals surface area contributed by atoms with Gasteiger partial charge in [0, 0.05) is 12.1 Å². The molecule has 0 aromatic carbocycles. The third-order valence-electron chi connectivity index (χ3n) is 2.84. The molecule has 0 saturated heterocycles. The summed E-state index contributed by atoms with van der Waals surface area (Å²) in [5, 5.41) is 2.88. The van der Waals surface area contributed by atoms with E-state index in [0.29, 0.717) is 0 Å². The van der Waals surface area contributed by atoms with Crippen molar-refractivity contribution in [3.63, 3.8) is 0 Å². The molecule has 4 heteroatoms. The lowest BCUT2D eigenvalue weighted by atomic mass is 10.1. The Kier molecular flexibility index (Phi) is 6.78. The highest BCUT2D eigenvalue weighted by molar-refractivity contribution is 9.11. The number of hydrogen-bond acceptors (Lipinski definition) is 1. The number of carbonyl (C=O) groups is 1. The summed E-state index contributed by atoms with van der Waals surface area (Å²) >= 11 is 3.41. The van der Waals surface area contributed by atoms with Crippen LogP contribution in [0.2, 0.25) is 0 Å². The molecule has 0 fully saturated rings. The summed E-state index contributed by atoms with van der Waals surface area (Å²) in [6, 6.07) is 0. The topological polar surface area (TPSA) is 29.1 Å². The molecule has 0 bridgehead atoms. The largest absolute Gasteiger partial charge is 0.329 e. The molecule has 1 aliphatic rings. The van der Waals surface area contributed by atoms with E-state index in [0.717, 1.165) is 23.0 Å². The summed E-state index contributed by atoms with van der Waals surface area (Å²) in [5.41, 5.74) is 0.919. The van der Waals surface area contributed by atoms with E-state index in [4.69, 9.17) is 0 Å². The molecule has 1 amide bonds. The van der Waals surface area contributed by atoms with Gasteiger partial charge in [-0.3, -0.25) is 4.79 Å². The van der Waals surface area contributed by atoms with Crippen LogP contribution in [0.15, 0.2) is 47.1 Å². The Labute approximate surface area is 122 Å². The number of halogens is 2. The lowest BCUT2D eigenvalue weighted by Gasteiger charge is -2.14. The van der Waals surface area contributed by atoms with Gasteiger partial charge in [0.05, 0.1) is 5.92 Å². The van der Waals surface area contributed by atoms with Gasteiger partial charge in [0.2, 0.25) is 5.91 Å². The molecular weight excluding hydrogens is 309 g/mol. The maximum Gasteiger partial charge on any atom is 0.230 e. The van der Waals surface area contributed by atoms with Crippen molar-refractivity contribution in [2.75, 3.05) is 0 Å². The van der Waals surface area contributed by atoms with E-state index in [1.165, 1.54) is 6.08 Å². The zero-order valence-corrected chi connectivity index (χ0v) is 12.6. The average Bonchev–Trinajstić information content (AvgIpc) is 2.40. The minimum absolute atomic E-state index is 0.0667. The maximum atomic E-state index is 12.9. The normalized spacial score (nSPS) is 18.5. The first-order chi connectivity index (χ1) is 9.02. The van der Waals surface area contributed by atoms with Crippen LogP contribution in [0, 0.1) is 5.92 Å². The Hall–Kier alpha value is -1.16. The molecule has 2 nitrogen and oxygen atoms in total. The van der Waals surface area contributed by atoms with Crippen LogP contribution in [-0.4, -0.2) is 12.1 Å². The van der Waals surface area contributed by atoms with Crippen molar-refractivity contribution in [3.8, 4) is 0 Å². The molecule has 0 radical (unpaired) electrons. The van der Waals surface area contributed by atoms with E-state index < -0.39 is 6.17 Å². The van der Waals surface area contributed by atoms with Crippen molar-refractivity contribution in [1.29, 1.82) is 0 Å². The number of allylic oxidation sites excluding steroid dienone is 6. The minimum Gasteiger partial charge on any atom is -0.329 e. The molecule has 2 atom stereocenters. The lowest BCUT2D eigenvalue weighted by molar-refractivity contribution is -0.122. The van der Waals surface area contributed by atoms with Crippen molar-refractivity contribution in [2.24, 2.45) is 5.92 Å². The fourth-order valence-corrected chi connectivity index (χ4v) is 1.91. The molecule has 0 saturated carbocycles. The first kappa shape index (κ1) is 15.9. The second-order valence-corrected chi connectivity index (χ2v) is 5.52. The van der Waals surface area contributed by atoms with Crippen molar-refractivity contribution in [3.05, 3.63) is 47.1 Å². The predicted molar refractivity (Wildman–Crippen MR) is 80.5 cm³/mol. The molecule has 1 rings (SSSR count). The Morgan fingerprint density at radius 2 is 2.32 bits per heavy atom. The number of hydrogen-bond donors (Lipinski definition) is 1.